The second-order valence-corrected chi connectivity index (χ2v) is 5.33. The van der Waals surface area contributed by atoms with E-state index in [1.807, 2.05) is 12.1 Å². The summed E-state index contributed by atoms with van der Waals surface area (Å²) in [6, 6.07) is 13.6. The first-order chi connectivity index (χ1) is 9.06. The molecule has 19 heavy (non-hydrogen) atoms. The molecule has 100 valence electrons. The molecule has 0 saturated carbocycles. The maximum Gasteiger partial charge on any atom is 0.134 e. The van der Waals surface area contributed by atoms with E-state index >= 15 is 0 Å². The third-order valence-electron chi connectivity index (χ3n) is 3.06. The maximum absolute atomic E-state index is 9.37. The Morgan fingerprint density at radius 1 is 1.16 bits per heavy atom. The van der Waals surface area contributed by atoms with Crippen LogP contribution in [0.2, 0.25) is 5.02 Å². The van der Waals surface area contributed by atoms with Gasteiger partial charge in [-0.15, -0.1) is 0 Å². The lowest BCUT2D eigenvalue weighted by molar-refractivity contribution is 0.475. The number of benzene rings is 2. The number of hydrogen-bond acceptors (Lipinski definition) is 2. The molecular weight excluding hydrogens is 258 g/mol. The highest BCUT2D eigenvalue weighted by Crippen LogP contribution is 2.24. The van der Waals surface area contributed by atoms with Gasteiger partial charge in [-0.05, 0) is 41.3 Å². The molecule has 0 aliphatic carbocycles. The van der Waals surface area contributed by atoms with Crippen molar-refractivity contribution in [2.45, 2.75) is 26.3 Å². The molecule has 3 heteroatoms. The van der Waals surface area contributed by atoms with E-state index in [4.69, 9.17) is 11.6 Å². The predicted octanol–water partition coefficient (Wildman–Crippen LogP) is 4.78. The number of phenols is 1. The Morgan fingerprint density at radius 3 is 2.63 bits per heavy atom. The van der Waals surface area contributed by atoms with Crippen molar-refractivity contribution in [2.75, 3.05) is 5.32 Å². The smallest absolute Gasteiger partial charge is 0.134 e. The highest BCUT2D eigenvalue weighted by atomic mass is 35.5. The van der Waals surface area contributed by atoms with E-state index < -0.39 is 0 Å². The summed E-state index contributed by atoms with van der Waals surface area (Å²) < 4.78 is 0. The molecule has 0 aliphatic rings. The van der Waals surface area contributed by atoms with Crippen LogP contribution in [0.25, 0.3) is 0 Å². The zero-order valence-electron chi connectivity index (χ0n) is 11.2. The van der Waals surface area contributed by atoms with E-state index in [1.165, 1.54) is 5.56 Å². The number of aromatic hydroxyl groups is 1. The molecule has 0 aliphatic heterocycles. The molecule has 2 rings (SSSR count). The van der Waals surface area contributed by atoms with Gasteiger partial charge >= 0.3 is 0 Å². The Bertz CT molecular complexity index is 566. The largest absolute Gasteiger partial charge is 0.506 e. The summed E-state index contributed by atoms with van der Waals surface area (Å²) in [5.74, 6) is 0.636. The molecule has 0 spiro atoms. The Hall–Kier alpha value is -1.67. The zero-order chi connectivity index (χ0) is 13.8. The second-order valence-electron chi connectivity index (χ2n) is 4.92. The number of nitrogens with one attached hydrogen (secondary N) is 1. The zero-order valence-corrected chi connectivity index (χ0v) is 11.9. The summed E-state index contributed by atoms with van der Waals surface area (Å²) >= 11 is 5.88. The van der Waals surface area contributed by atoms with Crippen LogP contribution in [0.3, 0.4) is 0 Å². The van der Waals surface area contributed by atoms with E-state index in [2.05, 4.69) is 37.4 Å². The molecule has 2 aromatic carbocycles. The van der Waals surface area contributed by atoms with Crippen molar-refractivity contribution >= 4 is 17.3 Å². The molecule has 0 heterocycles. The summed E-state index contributed by atoms with van der Waals surface area (Å²) in [4.78, 5) is 0. The van der Waals surface area contributed by atoms with Gasteiger partial charge in [0.05, 0.1) is 5.02 Å². The molecule has 0 atom stereocenters. The third-order valence-corrected chi connectivity index (χ3v) is 3.36. The Morgan fingerprint density at radius 2 is 1.95 bits per heavy atom. The van der Waals surface area contributed by atoms with E-state index in [0.29, 0.717) is 17.5 Å². The van der Waals surface area contributed by atoms with E-state index in [0.717, 1.165) is 11.3 Å². The minimum absolute atomic E-state index is 0.118. The van der Waals surface area contributed by atoms with Gasteiger partial charge in [-0.25, -0.2) is 0 Å². The number of phenolic OH excluding ortho intramolecular Hbond substituents is 1. The van der Waals surface area contributed by atoms with E-state index in [9.17, 15) is 5.11 Å². The van der Waals surface area contributed by atoms with E-state index in [1.54, 1.807) is 12.1 Å². The average molecular weight is 276 g/mol. The summed E-state index contributed by atoms with van der Waals surface area (Å²) in [6.45, 7) is 5.04. The lowest BCUT2D eigenvalue weighted by Gasteiger charge is -2.11. The third kappa shape index (κ3) is 3.65. The fraction of sp³-hybridized carbons (Fsp3) is 0.250. The van der Waals surface area contributed by atoms with Crippen LogP contribution in [0.5, 0.6) is 5.75 Å². The van der Waals surface area contributed by atoms with Gasteiger partial charge in [0, 0.05) is 12.2 Å². The Balaban J connectivity index is 2.05. The van der Waals surface area contributed by atoms with Crippen LogP contribution in [-0.4, -0.2) is 5.11 Å². The minimum atomic E-state index is 0.118. The highest BCUT2D eigenvalue weighted by molar-refractivity contribution is 6.32. The summed E-state index contributed by atoms with van der Waals surface area (Å²) in [7, 11) is 0. The van der Waals surface area contributed by atoms with Crippen molar-refractivity contribution in [3.63, 3.8) is 0 Å². The molecule has 2 aromatic rings. The minimum Gasteiger partial charge on any atom is -0.506 e. The monoisotopic (exact) mass is 275 g/mol. The van der Waals surface area contributed by atoms with Crippen molar-refractivity contribution in [2.24, 2.45) is 0 Å². The standard InChI is InChI=1S/C16H18ClNO/c1-11(2)13-4-3-5-14(9-13)18-10-12-6-7-16(19)15(17)8-12/h3-9,11,18-19H,10H2,1-2H3. The van der Waals surface area contributed by atoms with Crippen LogP contribution in [0, 0.1) is 0 Å². The summed E-state index contributed by atoms with van der Waals surface area (Å²) in [5.41, 5.74) is 3.45. The van der Waals surface area contributed by atoms with Gasteiger partial charge in [0.2, 0.25) is 0 Å². The highest BCUT2D eigenvalue weighted by Gasteiger charge is 2.02. The van der Waals surface area contributed by atoms with Gasteiger partial charge in [-0.2, -0.15) is 0 Å². The van der Waals surface area contributed by atoms with Crippen molar-refractivity contribution in [3.8, 4) is 5.75 Å². The molecule has 0 bridgehead atoms. The number of anilines is 1. The van der Waals surface area contributed by atoms with Gasteiger partial charge in [0.15, 0.2) is 0 Å². The van der Waals surface area contributed by atoms with Crippen LogP contribution in [0.1, 0.15) is 30.9 Å². The van der Waals surface area contributed by atoms with Crippen LogP contribution in [0.4, 0.5) is 5.69 Å². The van der Waals surface area contributed by atoms with E-state index in [-0.39, 0.29) is 5.75 Å². The molecular formula is C16H18ClNO. The van der Waals surface area contributed by atoms with Crippen LogP contribution in [-0.2, 0) is 6.54 Å². The molecule has 0 radical (unpaired) electrons. The first-order valence-electron chi connectivity index (χ1n) is 6.37. The maximum atomic E-state index is 9.37. The van der Waals surface area contributed by atoms with Gasteiger partial charge in [-0.3, -0.25) is 0 Å². The SMILES string of the molecule is CC(C)c1cccc(NCc2ccc(O)c(Cl)c2)c1. The van der Waals surface area contributed by atoms with Crippen molar-refractivity contribution in [3.05, 3.63) is 58.6 Å². The van der Waals surface area contributed by atoms with Crippen molar-refractivity contribution < 1.29 is 5.11 Å². The van der Waals surface area contributed by atoms with Gasteiger partial charge in [-0.1, -0.05) is 43.6 Å². The van der Waals surface area contributed by atoms with Crippen molar-refractivity contribution in [1.29, 1.82) is 0 Å². The topological polar surface area (TPSA) is 32.3 Å². The predicted molar refractivity (Wildman–Crippen MR) is 81.0 cm³/mol. The number of hydrogen-bond donors (Lipinski definition) is 2. The first kappa shape index (κ1) is 13.8. The quantitative estimate of drug-likeness (QED) is 0.841. The average Bonchev–Trinajstić information content (AvgIpc) is 2.40. The fourth-order valence-electron chi connectivity index (χ4n) is 1.87. The molecule has 0 aromatic heterocycles. The number of rotatable bonds is 4. The number of halogens is 1. The van der Waals surface area contributed by atoms with Crippen LogP contribution in [0.15, 0.2) is 42.5 Å². The van der Waals surface area contributed by atoms with Gasteiger partial charge in [0.1, 0.15) is 5.75 Å². The summed E-state index contributed by atoms with van der Waals surface area (Å²) in [5, 5.41) is 13.1. The molecule has 2 N–H and O–H groups in total. The molecule has 0 unspecified atom stereocenters. The molecule has 0 fully saturated rings. The molecule has 0 amide bonds. The molecule has 2 nitrogen and oxygen atoms in total. The van der Waals surface area contributed by atoms with Crippen LogP contribution < -0.4 is 5.32 Å². The Kier molecular flexibility index (Phi) is 4.33. The fourth-order valence-corrected chi connectivity index (χ4v) is 2.08. The second kappa shape index (κ2) is 5.98. The normalized spacial score (nSPS) is 10.7. The lowest BCUT2D eigenvalue weighted by atomic mass is 10.0. The van der Waals surface area contributed by atoms with Gasteiger partial charge < -0.3 is 10.4 Å². The summed E-state index contributed by atoms with van der Waals surface area (Å²) in [6.07, 6.45) is 0. The van der Waals surface area contributed by atoms with Crippen molar-refractivity contribution in [1.82, 2.24) is 0 Å². The molecule has 0 saturated heterocycles. The first-order valence-corrected chi connectivity index (χ1v) is 6.75. The Labute approximate surface area is 119 Å². The van der Waals surface area contributed by atoms with Gasteiger partial charge in [0.25, 0.3) is 0 Å². The lowest BCUT2D eigenvalue weighted by Crippen LogP contribution is -2.00. The van der Waals surface area contributed by atoms with Crippen LogP contribution >= 0.6 is 11.6 Å².